The molecule has 3 aromatic carbocycles. The quantitative estimate of drug-likeness (QED) is 0.357. The van der Waals surface area contributed by atoms with Gasteiger partial charge in [0.2, 0.25) is 0 Å². The Bertz CT molecular complexity index is 974. The van der Waals surface area contributed by atoms with Crippen LogP contribution in [0.4, 0.5) is 0 Å². The molecule has 0 aliphatic heterocycles. The summed E-state index contributed by atoms with van der Waals surface area (Å²) >= 11 is 3.41. The maximum Gasteiger partial charge on any atom is 0.161 e. The van der Waals surface area contributed by atoms with E-state index in [9.17, 15) is 5.26 Å². The molecule has 0 radical (unpaired) electrons. The van der Waals surface area contributed by atoms with Crippen molar-refractivity contribution in [3.8, 4) is 17.6 Å². The van der Waals surface area contributed by atoms with Crippen LogP contribution in [0, 0.1) is 11.3 Å². The van der Waals surface area contributed by atoms with Gasteiger partial charge in [-0.2, -0.15) is 5.26 Å². The van der Waals surface area contributed by atoms with Crippen molar-refractivity contribution < 1.29 is 9.47 Å². The van der Waals surface area contributed by atoms with E-state index < -0.39 is 0 Å². The average molecular weight is 420 g/mol. The Balaban J connectivity index is 1.82. The summed E-state index contributed by atoms with van der Waals surface area (Å²) in [5.41, 5.74) is 3.41. The second-order valence-electron chi connectivity index (χ2n) is 5.86. The van der Waals surface area contributed by atoms with Crippen molar-refractivity contribution in [3.63, 3.8) is 0 Å². The summed E-state index contributed by atoms with van der Waals surface area (Å²) in [6.45, 7) is 0.467. The SMILES string of the molecule is COc1cc(/C=C(/C#N)c2ccc(Br)cc2)ccc1OCc1ccccc1. The first-order valence-corrected chi connectivity index (χ1v) is 9.21. The second kappa shape index (κ2) is 9.07. The van der Waals surface area contributed by atoms with E-state index in [-0.39, 0.29) is 0 Å². The van der Waals surface area contributed by atoms with Crippen LogP contribution >= 0.6 is 15.9 Å². The van der Waals surface area contributed by atoms with E-state index >= 15 is 0 Å². The van der Waals surface area contributed by atoms with Crippen molar-refractivity contribution in [2.75, 3.05) is 7.11 Å². The molecule has 0 fully saturated rings. The van der Waals surface area contributed by atoms with Gasteiger partial charge in [-0.05, 0) is 47.0 Å². The van der Waals surface area contributed by atoms with Gasteiger partial charge in [-0.15, -0.1) is 0 Å². The molecule has 27 heavy (non-hydrogen) atoms. The van der Waals surface area contributed by atoms with Crippen molar-refractivity contribution in [2.24, 2.45) is 0 Å². The van der Waals surface area contributed by atoms with Crippen LogP contribution in [0.2, 0.25) is 0 Å². The van der Waals surface area contributed by atoms with Crippen LogP contribution in [0.3, 0.4) is 0 Å². The minimum atomic E-state index is 0.467. The van der Waals surface area contributed by atoms with E-state index in [1.165, 1.54) is 0 Å². The van der Waals surface area contributed by atoms with E-state index in [1.807, 2.05) is 78.9 Å². The molecule has 3 rings (SSSR count). The summed E-state index contributed by atoms with van der Waals surface area (Å²) in [7, 11) is 1.61. The van der Waals surface area contributed by atoms with Crippen LogP contribution in [-0.2, 0) is 6.61 Å². The molecule has 4 heteroatoms. The highest BCUT2D eigenvalue weighted by Gasteiger charge is 2.07. The zero-order valence-corrected chi connectivity index (χ0v) is 16.4. The van der Waals surface area contributed by atoms with Gasteiger partial charge in [0.1, 0.15) is 6.61 Å². The molecular weight excluding hydrogens is 402 g/mol. The van der Waals surface area contributed by atoms with E-state index in [4.69, 9.17) is 9.47 Å². The normalized spacial score (nSPS) is 10.9. The summed E-state index contributed by atoms with van der Waals surface area (Å²) in [5.74, 6) is 1.30. The molecule has 0 unspecified atom stereocenters. The molecule has 0 atom stereocenters. The van der Waals surface area contributed by atoms with Crippen molar-refractivity contribution >= 4 is 27.6 Å². The molecule has 0 aromatic heterocycles. The molecular formula is C23H18BrNO2. The fraction of sp³-hybridized carbons (Fsp3) is 0.0870. The largest absolute Gasteiger partial charge is 0.493 e. The number of benzene rings is 3. The van der Waals surface area contributed by atoms with E-state index in [0.717, 1.165) is 21.2 Å². The summed E-state index contributed by atoms with van der Waals surface area (Å²) in [6.07, 6.45) is 1.84. The molecule has 0 amide bonds. The third-order valence-electron chi connectivity index (χ3n) is 4.01. The first-order chi connectivity index (χ1) is 13.2. The number of methoxy groups -OCH3 is 1. The predicted octanol–water partition coefficient (Wildman–Crippen LogP) is 6.10. The number of rotatable bonds is 6. The fourth-order valence-electron chi connectivity index (χ4n) is 2.60. The number of hydrogen-bond donors (Lipinski definition) is 0. The van der Waals surface area contributed by atoms with E-state index in [1.54, 1.807) is 7.11 Å². The molecule has 0 saturated carbocycles. The Labute approximate surface area is 167 Å². The highest BCUT2D eigenvalue weighted by atomic mass is 79.9. The predicted molar refractivity (Wildman–Crippen MR) is 111 cm³/mol. The van der Waals surface area contributed by atoms with Crippen molar-refractivity contribution in [3.05, 3.63) is 94.0 Å². The zero-order chi connectivity index (χ0) is 19.1. The second-order valence-corrected chi connectivity index (χ2v) is 6.78. The summed E-state index contributed by atoms with van der Waals surface area (Å²) in [4.78, 5) is 0. The minimum Gasteiger partial charge on any atom is -0.493 e. The van der Waals surface area contributed by atoms with Crippen LogP contribution in [0.5, 0.6) is 11.5 Å². The van der Waals surface area contributed by atoms with Gasteiger partial charge in [0.25, 0.3) is 0 Å². The van der Waals surface area contributed by atoms with Crippen LogP contribution in [0.15, 0.2) is 77.3 Å². The number of hydrogen-bond acceptors (Lipinski definition) is 3. The van der Waals surface area contributed by atoms with Gasteiger partial charge in [-0.1, -0.05) is 64.5 Å². The van der Waals surface area contributed by atoms with Gasteiger partial charge in [0.15, 0.2) is 11.5 Å². The summed E-state index contributed by atoms with van der Waals surface area (Å²) < 4.78 is 12.3. The molecule has 0 N–H and O–H groups in total. The van der Waals surface area contributed by atoms with Gasteiger partial charge < -0.3 is 9.47 Å². The molecule has 0 heterocycles. The van der Waals surface area contributed by atoms with Gasteiger partial charge in [0, 0.05) is 4.47 Å². The standard InChI is InChI=1S/C23H18BrNO2/c1-26-23-14-18(13-20(15-25)19-8-10-21(24)11-9-19)7-12-22(23)27-16-17-5-3-2-4-6-17/h2-14H,16H2,1H3/b20-13-. The number of allylic oxidation sites excluding steroid dienone is 1. The molecule has 0 aliphatic rings. The Morgan fingerprint density at radius 2 is 1.74 bits per heavy atom. The molecule has 0 spiro atoms. The van der Waals surface area contributed by atoms with Crippen LogP contribution in [0.25, 0.3) is 11.6 Å². The topological polar surface area (TPSA) is 42.2 Å². The molecule has 0 saturated heterocycles. The van der Waals surface area contributed by atoms with Gasteiger partial charge in [0.05, 0.1) is 18.8 Å². The van der Waals surface area contributed by atoms with Gasteiger partial charge in [-0.25, -0.2) is 0 Å². The number of halogens is 1. The monoisotopic (exact) mass is 419 g/mol. The Kier molecular flexibility index (Phi) is 6.30. The maximum absolute atomic E-state index is 9.52. The molecule has 3 nitrogen and oxygen atoms in total. The minimum absolute atomic E-state index is 0.467. The smallest absolute Gasteiger partial charge is 0.161 e. The Hall–Kier alpha value is -3.03. The van der Waals surface area contributed by atoms with Gasteiger partial charge >= 0.3 is 0 Å². The Morgan fingerprint density at radius 1 is 1.00 bits per heavy atom. The fourth-order valence-corrected chi connectivity index (χ4v) is 2.87. The third kappa shape index (κ3) is 4.99. The number of nitriles is 1. The summed E-state index contributed by atoms with van der Waals surface area (Å²) in [6, 6.07) is 25.5. The van der Waals surface area contributed by atoms with Crippen molar-refractivity contribution in [1.29, 1.82) is 5.26 Å². The molecule has 3 aromatic rings. The lowest BCUT2D eigenvalue weighted by molar-refractivity contribution is 0.284. The number of nitrogens with zero attached hydrogens (tertiary/aromatic N) is 1. The molecule has 0 bridgehead atoms. The van der Waals surface area contributed by atoms with Crippen LogP contribution in [-0.4, -0.2) is 7.11 Å². The lowest BCUT2D eigenvalue weighted by atomic mass is 10.0. The van der Waals surface area contributed by atoms with Crippen LogP contribution in [0.1, 0.15) is 16.7 Å². The molecule has 134 valence electrons. The van der Waals surface area contributed by atoms with E-state index in [2.05, 4.69) is 22.0 Å². The first kappa shape index (κ1) is 18.8. The highest BCUT2D eigenvalue weighted by molar-refractivity contribution is 9.10. The van der Waals surface area contributed by atoms with Crippen molar-refractivity contribution in [1.82, 2.24) is 0 Å². The summed E-state index contributed by atoms with van der Waals surface area (Å²) in [5, 5.41) is 9.52. The average Bonchev–Trinajstić information content (AvgIpc) is 2.72. The lowest BCUT2D eigenvalue weighted by Gasteiger charge is -2.11. The third-order valence-corrected chi connectivity index (χ3v) is 4.54. The molecule has 0 aliphatic carbocycles. The zero-order valence-electron chi connectivity index (χ0n) is 14.9. The first-order valence-electron chi connectivity index (χ1n) is 8.42. The van der Waals surface area contributed by atoms with E-state index in [0.29, 0.717) is 23.7 Å². The Morgan fingerprint density at radius 3 is 2.41 bits per heavy atom. The maximum atomic E-state index is 9.52. The van der Waals surface area contributed by atoms with Gasteiger partial charge in [-0.3, -0.25) is 0 Å². The number of ether oxygens (including phenoxy) is 2. The lowest BCUT2D eigenvalue weighted by Crippen LogP contribution is -1.97. The van der Waals surface area contributed by atoms with Crippen LogP contribution < -0.4 is 9.47 Å². The van der Waals surface area contributed by atoms with Crippen molar-refractivity contribution in [2.45, 2.75) is 6.61 Å². The highest BCUT2D eigenvalue weighted by Crippen LogP contribution is 2.30.